The summed E-state index contributed by atoms with van der Waals surface area (Å²) < 4.78 is 5.23. The first-order chi connectivity index (χ1) is 11.5. The van der Waals surface area contributed by atoms with Gasteiger partial charge in [0.2, 0.25) is 5.95 Å². The van der Waals surface area contributed by atoms with Crippen molar-refractivity contribution in [2.75, 3.05) is 25.5 Å². The number of carbonyl (C=O) groups excluding carboxylic acids is 1. The summed E-state index contributed by atoms with van der Waals surface area (Å²) in [6.45, 7) is 5.62. The fraction of sp³-hybridized carbons (Fsp3) is 0.353. The molecule has 0 saturated carbocycles. The quantitative estimate of drug-likeness (QED) is 0.751. The minimum Gasteiger partial charge on any atom is -0.382 e. The molecule has 0 saturated heterocycles. The van der Waals surface area contributed by atoms with Crippen LogP contribution >= 0.6 is 11.6 Å². The molecule has 0 aliphatic heterocycles. The number of nitrogens with zero attached hydrogens (tertiary/aromatic N) is 2. The van der Waals surface area contributed by atoms with E-state index in [9.17, 15) is 4.79 Å². The van der Waals surface area contributed by atoms with Crippen LogP contribution in [0.3, 0.4) is 0 Å². The maximum atomic E-state index is 12.1. The van der Waals surface area contributed by atoms with Crippen LogP contribution in [0.25, 0.3) is 11.3 Å². The van der Waals surface area contributed by atoms with Gasteiger partial charge in [-0.05, 0) is 32.4 Å². The first-order valence-corrected chi connectivity index (χ1v) is 8.16. The Morgan fingerprint density at radius 3 is 2.67 bits per heavy atom. The lowest BCUT2D eigenvalue weighted by Crippen LogP contribution is -2.25. The van der Waals surface area contributed by atoms with Crippen molar-refractivity contribution < 1.29 is 9.53 Å². The van der Waals surface area contributed by atoms with E-state index < -0.39 is 0 Å². The number of carbonyl (C=O) groups is 1. The Morgan fingerprint density at radius 1 is 1.29 bits per heavy atom. The topological polar surface area (TPSA) is 90.1 Å². The predicted octanol–water partition coefficient (Wildman–Crippen LogP) is 2.84. The zero-order chi connectivity index (χ0) is 17.5. The van der Waals surface area contributed by atoms with Crippen LogP contribution in [0.1, 0.15) is 29.4 Å². The third-order valence-electron chi connectivity index (χ3n) is 3.41. The van der Waals surface area contributed by atoms with Gasteiger partial charge in [0.05, 0.1) is 16.4 Å². The van der Waals surface area contributed by atoms with Crippen LogP contribution in [0.15, 0.2) is 24.3 Å². The molecule has 7 heteroatoms. The third kappa shape index (κ3) is 4.66. The normalized spacial score (nSPS) is 10.6. The number of nitrogens with one attached hydrogen (secondary N) is 1. The fourth-order valence-electron chi connectivity index (χ4n) is 2.17. The second-order valence-corrected chi connectivity index (χ2v) is 5.59. The Kier molecular flexibility index (Phi) is 6.52. The number of hydrogen-bond acceptors (Lipinski definition) is 5. The van der Waals surface area contributed by atoms with Crippen LogP contribution in [0.2, 0.25) is 5.02 Å². The van der Waals surface area contributed by atoms with Crippen LogP contribution in [0.4, 0.5) is 5.95 Å². The Balaban J connectivity index is 2.04. The molecule has 0 aliphatic rings. The predicted molar refractivity (Wildman–Crippen MR) is 95.1 cm³/mol. The minimum absolute atomic E-state index is 0.123. The van der Waals surface area contributed by atoms with Crippen molar-refractivity contribution in [2.45, 2.75) is 20.3 Å². The summed E-state index contributed by atoms with van der Waals surface area (Å²) in [7, 11) is 0. The van der Waals surface area contributed by atoms with Gasteiger partial charge in [0.1, 0.15) is 0 Å². The van der Waals surface area contributed by atoms with Crippen molar-refractivity contribution in [1.82, 2.24) is 15.3 Å². The Morgan fingerprint density at radius 2 is 2.00 bits per heavy atom. The maximum absolute atomic E-state index is 12.1. The summed E-state index contributed by atoms with van der Waals surface area (Å²) in [5, 5.41) is 3.31. The van der Waals surface area contributed by atoms with Gasteiger partial charge in [-0.2, -0.15) is 0 Å². The fourth-order valence-corrected chi connectivity index (χ4v) is 2.37. The molecule has 0 aliphatic carbocycles. The van der Waals surface area contributed by atoms with E-state index in [2.05, 4.69) is 15.3 Å². The van der Waals surface area contributed by atoms with Crippen molar-refractivity contribution in [3.05, 3.63) is 40.5 Å². The number of aromatic nitrogens is 2. The number of aryl methyl sites for hydroxylation is 1. The van der Waals surface area contributed by atoms with E-state index in [-0.39, 0.29) is 11.9 Å². The Hall–Kier alpha value is -2.18. The van der Waals surface area contributed by atoms with Gasteiger partial charge >= 0.3 is 0 Å². The molecule has 0 atom stereocenters. The number of amides is 1. The number of anilines is 1. The van der Waals surface area contributed by atoms with Gasteiger partial charge < -0.3 is 15.8 Å². The van der Waals surface area contributed by atoms with E-state index in [0.717, 1.165) is 12.0 Å². The number of rotatable bonds is 7. The molecule has 0 radical (unpaired) electrons. The molecule has 6 nitrogen and oxygen atoms in total. The second kappa shape index (κ2) is 8.61. The molecule has 0 fully saturated rings. The summed E-state index contributed by atoms with van der Waals surface area (Å²) in [4.78, 5) is 20.3. The van der Waals surface area contributed by atoms with Gasteiger partial charge in [-0.15, -0.1) is 0 Å². The molecule has 2 rings (SSSR count). The Bertz CT molecular complexity index is 704. The standard InChI is InChI=1S/C17H21ClN4O2/c1-3-24-10-4-9-20-16(23)13-7-5-12(6-8-13)15-14(18)11(2)21-17(19)22-15/h5-8H,3-4,9-10H2,1-2H3,(H,20,23)(H2,19,21,22). The van der Waals surface area contributed by atoms with Gasteiger partial charge in [-0.25, -0.2) is 9.97 Å². The smallest absolute Gasteiger partial charge is 0.251 e. The van der Waals surface area contributed by atoms with E-state index in [1.165, 1.54) is 0 Å². The molecule has 128 valence electrons. The SMILES string of the molecule is CCOCCCNC(=O)c1ccc(-c2nc(N)nc(C)c2Cl)cc1. The highest BCUT2D eigenvalue weighted by molar-refractivity contribution is 6.33. The molecule has 1 heterocycles. The largest absolute Gasteiger partial charge is 0.382 e. The van der Waals surface area contributed by atoms with E-state index >= 15 is 0 Å². The van der Waals surface area contributed by atoms with E-state index in [1.807, 2.05) is 6.92 Å². The van der Waals surface area contributed by atoms with Crippen molar-refractivity contribution in [3.63, 3.8) is 0 Å². The van der Waals surface area contributed by atoms with Crippen LogP contribution in [-0.2, 0) is 4.74 Å². The molecule has 1 amide bonds. The van der Waals surface area contributed by atoms with Crippen molar-refractivity contribution in [1.29, 1.82) is 0 Å². The number of nitrogen functional groups attached to an aromatic ring is 1. The van der Waals surface area contributed by atoms with Gasteiger partial charge in [0.15, 0.2) is 0 Å². The summed E-state index contributed by atoms with van der Waals surface area (Å²) in [6.07, 6.45) is 0.784. The van der Waals surface area contributed by atoms with Crippen molar-refractivity contribution in [2.24, 2.45) is 0 Å². The highest BCUT2D eigenvalue weighted by Crippen LogP contribution is 2.28. The number of nitrogens with two attached hydrogens (primary N) is 1. The van der Waals surface area contributed by atoms with Crippen LogP contribution in [-0.4, -0.2) is 35.6 Å². The lowest BCUT2D eigenvalue weighted by molar-refractivity contribution is 0.0944. The number of benzene rings is 1. The van der Waals surface area contributed by atoms with Crippen molar-refractivity contribution >= 4 is 23.5 Å². The molecule has 1 aromatic heterocycles. The lowest BCUT2D eigenvalue weighted by atomic mass is 10.1. The third-order valence-corrected chi connectivity index (χ3v) is 3.86. The average molecular weight is 349 g/mol. The monoisotopic (exact) mass is 348 g/mol. The summed E-state index contributed by atoms with van der Waals surface area (Å²) in [5.41, 5.74) is 8.22. The number of ether oxygens (including phenoxy) is 1. The molecule has 0 spiro atoms. The van der Waals surface area contributed by atoms with Crippen LogP contribution in [0, 0.1) is 6.92 Å². The minimum atomic E-state index is -0.123. The van der Waals surface area contributed by atoms with E-state index in [1.54, 1.807) is 31.2 Å². The summed E-state index contributed by atoms with van der Waals surface area (Å²) in [5.74, 6) is 0.0468. The van der Waals surface area contributed by atoms with Crippen LogP contribution in [0.5, 0.6) is 0 Å². The highest BCUT2D eigenvalue weighted by atomic mass is 35.5. The molecule has 3 N–H and O–H groups in total. The number of hydrogen-bond donors (Lipinski definition) is 2. The molecule has 0 bridgehead atoms. The van der Waals surface area contributed by atoms with Crippen molar-refractivity contribution in [3.8, 4) is 11.3 Å². The van der Waals surface area contributed by atoms with Gasteiger partial charge in [-0.1, -0.05) is 23.7 Å². The van der Waals surface area contributed by atoms with Gasteiger partial charge in [0.25, 0.3) is 5.91 Å². The molecule has 2 aromatic rings. The molecule has 24 heavy (non-hydrogen) atoms. The first-order valence-electron chi connectivity index (χ1n) is 7.79. The summed E-state index contributed by atoms with van der Waals surface area (Å²) in [6, 6.07) is 7.05. The lowest BCUT2D eigenvalue weighted by Gasteiger charge is -2.09. The number of halogens is 1. The maximum Gasteiger partial charge on any atom is 0.251 e. The van der Waals surface area contributed by atoms with Gasteiger partial charge in [-0.3, -0.25) is 4.79 Å². The molecule has 0 unspecified atom stereocenters. The molecule has 1 aromatic carbocycles. The Labute approximate surface area is 146 Å². The first kappa shape index (κ1) is 18.2. The zero-order valence-corrected chi connectivity index (χ0v) is 14.6. The van der Waals surface area contributed by atoms with E-state index in [0.29, 0.717) is 41.7 Å². The summed E-state index contributed by atoms with van der Waals surface area (Å²) >= 11 is 6.24. The zero-order valence-electron chi connectivity index (χ0n) is 13.8. The molecular weight excluding hydrogens is 328 g/mol. The van der Waals surface area contributed by atoms with Gasteiger partial charge in [0, 0.05) is 30.9 Å². The van der Waals surface area contributed by atoms with E-state index in [4.69, 9.17) is 22.1 Å². The van der Waals surface area contributed by atoms with Crippen LogP contribution < -0.4 is 11.1 Å². The average Bonchev–Trinajstić information content (AvgIpc) is 2.58. The molecular formula is C17H21ClN4O2. The second-order valence-electron chi connectivity index (χ2n) is 5.21. The highest BCUT2D eigenvalue weighted by Gasteiger charge is 2.12.